The van der Waals surface area contributed by atoms with Crippen molar-refractivity contribution in [3.05, 3.63) is 24.3 Å². The predicted octanol–water partition coefficient (Wildman–Crippen LogP) is 0.200. The summed E-state index contributed by atoms with van der Waals surface area (Å²) >= 11 is 0. The van der Waals surface area contributed by atoms with E-state index in [1.54, 1.807) is 13.8 Å². The second-order valence-electron chi connectivity index (χ2n) is 3.59. The van der Waals surface area contributed by atoms with Crippen LogP contribution < -0.4 is 0 Å². The summed E-state index contributed by atoms with van der Waals surface area (Å²) in [6.07, 6.45) is 2.89. The topological polar surface area (TPSA) is 83.3 Å². The molecule has 76 valence electrons. The number of carboxylic acid groups (broad SMARTS) is 1. The molecule has 0 saturated heterocycles. The Balaban J connectivity index is 3.02. The van der Waals surface area contributed by atoms with E-state index < -0.39 is 17.5 Å². The summed E-state index contributed by atoms with van der Waals surface area (Å²) in [6, 6.07) is 0. The maximum absolute atomic E-state index is 10.6. The second kappa shape index (κ2) is 3.71. The molecule has 0 fully saturated rings. The number of nitrogens with zero attached hydrogens (tertiary/aromatic N) is 2. The molecule has 1 aromatic heterocycles. The first-order chi connectivity index (χ1) is 6.46. The van der Waals surface area contributed by atoms with E-state index in [1.807, 2.05) is 0 Å². The standard InChI is InChI=1S/C9H12N2O3/c1-9(2,7(12)8(13)14)6-3-10-5-11-4-6/h3-5,7,12H,1-2H3,(H,13,14). The number of aliphatic hydroxyl groups excluding tert-OH is 1. The molecule has 0 bridgehead atoms. The number of carbonyl (C=O) groups is 1. The minimum atomic E-state index is -1.46. The Morgan fingerprint density at radius 2 is 1.93 bits per heavy atom. The highest BCUT2D eigenvalue weighted by Gasteiger charge is 2.35. The lowest BCUT2D eigenvalue weighted by Crippen LogP contribution is -2.39. The van der Waals surface area contributed by atoms with Gasteiger partial charge in [-0.3, -0.25) is 0 Å². The van der Waals surface area contributed by atoms with E-state index in [-0.39, 0.29) is 0 Å². The van der Waals surface area contributed by atoms with Crippen LogP contribution in [0.1, 0.15) is 19.4 Å². The van der Waals surface area contributed by atoms with Gasteiger partial charge in [-0.15, -0.1) is 0 Å². The molecule has 0 saturated carbocycles. The van der Waals surface area contributed by atoms with Crippen LogP contribution in [-0.2, 0) is 10.2 Å². The summed E-state index contributed by atoms with van der Waals surface area (Å²) in [5.41, 5.74) is -0.303. The van der Waals surface area contributed by atoms with Gasteiger partial charge in [-0.1, -0.05) is 13.8 Å². The Labute approximate surface area is 81.4 Å². The van der Waals surface area contributed by atoms with Gasteiger partial charge in [-0.05, 0) is 5.56 Å². The third kappa shape index (κ3) is 1.88. The van der Waals surface area contributed by atoms with Crippen LogP contribution in [0.5, 0.6) is 0 Å². The van der Waals surface area contributed by atoms with Crippen LogP contribution in [0.25, 0.3) is 0 Å². The zero-order valence-electron chi connectivity index (χ0n) is 8.01. The molecule has 0 spiro atoms. The molecule has 1 aromatic rings. The van der Waals surface area contributed by atoms with Crippen LogP contribution in [0.2, 0.25) is 0 Å². The van der Waals surface area contributed by atoms with Crippen LogP contribution in [0.15, 0.2) is 18.7 Å². The van der Waals surface area contributed by atoms with Crippen molar-refractivity contribution >= 4 is 5.97 Å². The highest BCUT2D eigenvalue weighted by molar-refractivity contribution is 5.74. The van der Waals surface area contributed by atoms with Crippen molar-refractivity contribution in [3.63, 3.8) is 0 Å². The first-order valence-corrected chi connectivity index (χ1v) is 4.12. The van der Waals surface area contributed by atoms with E-state index in [2.05, 4.69) is 9.97 Å². The number of hydrogen-bond acceptors (Lipinski definition) is 4. The summed E-state index contributed by atoms with van der Waals surface area (Å²) in [4.78, 5) is 18.2. The number of aliphatic hydroxyl groups is 1. The van der Waals surface area contributed by atoms with Crippen LogP contribution in [-0.4, -0.2) is 32.3 Å². The third-order valence-corrected chi connectivity index (χ3v) is 2.22. The monoisotopic (exact) mass is 196 g/mol. The first-order valence-electron chi connectivity index (χ1n) is 4.12. The minimum Gasteiger partial charge on any atom is -0.479 e. The average Bonchev–Trinajstić information content (AvgIpc) is 2.18. The second-order valence-corrected chi connectivity index (χ2v) is 3.59. The van der Waals surface area contributed by atoms with Crippen molar-refractivity contribution in [2.45, 2.75) is 25.4 Å². The molecule has 1 rings (SSSR count). The van der Waals surface area contributed by atoms with Gasteiger partial charge < -0.3 is 10.2 Å². The fourth-order valence-electron chi connectivity index (χ4n) is 1.10. The molecule has 5 nitrogen and oxygen atoms in total. The van der Waals surface area contributed by atoms with Gasteiger partial charge in [-0.2, -0.15) is 0 Å². The Bertz CT molecular complexity index is 324. The lowest BCUT2D eigenvalue weighted by molar-refractivity contribution is -0.150. The van der Waals surface area contributed by atoms with Crippen LogP contribution in [0.4, 0.5) is 0 Å². The average molecular weight is 196 g/mol. The van der Waals surface area contributed by atoms with E-state index >= 15 is 0 Å². The molecule has 5 heteroatoms. The minimum absolute atomic E-state index is 0.593. The first kappa shape index (κ1) is 10.6. The van der Waals surface area contributed by atoms with Gasteiger partial charge in [-0.25, -0.2) is 14.8 Å². The molecule has 0 aromatic carbocycles. The van der Waals surface area contributed by atoms with Crippen molar-refractivity contribution in [1.82, 2.24) is 9.97 Å². The van der Waals surface area contributed by atoms with E-state index in [9.17, 15) is 9.90 Å². The zero-order chi connectivity index (χ0) is 10.8. The summed E-state index contributed by atoms with van der Waals surface area (Å²) in [6.45, 7) is 3.26. The maximum Gasteiger partial charge on any atom is 0.333 e. The Hall–Kier alpha value is -1.49. The number of hydrogen-bond donors (Lipinski definition) is 2. The molecular weight excluding hydrogens is 184 g/mol. The Morgan fingerprint density at radius 1 is 1.43 bits per heavy atom. The van der Waals surface area contributed by atoms with Gasteiger partial charge in [0.05, 0.1) is 0 Å². The predicted molar refractivity (Wildman–Crippen MR) is 48.7 cm³/mol. The Morgan fingerprint density at radius 3 is 2.36 bits per heavy atom. The van der Waals surface area contributed by atoms with Gasteiger partial charge in [0.25, 0.3) is 0 Å². The molecule has 0 radical (unpaired) electrons. The Kier molecular flexibility index (Phi) is 2.81. The quantitative estimate of drug-likeness (QED) is 0.721. The van der Waals surface area contributed by atoms with Crippen molar-refractivity contribution in [2.75, 3.05) is 0 Å². The number of carboxylic acids is 1. The summed E-state index contributed by atoms with van der Waals surface area (Å²) in [5, 5.41) is 18.1. The fourth-order valence-corrected chi connectivity index (χ4v) is 1.10. The van der Waals surface area contributed by atoms with Gasteiger partial charge in [0.2, 0.25) is 0 Å². The van der Waals surface area contributed by atoms with Crippen LogP contribution in [0, 0.1) is 0 Å². The molecule has 0 aliphatic carbocycles. The van der Waals surface area contributed by atoms with Crippen molar-refractivity contribution in [1.29, 1.82) is 0 Å². The summed E-state index contributed by atoms with van der Waals surface area (Å²) in [5.74, 6) is -1.25. The highest BCUT2D eigenvalue weighted by Crippen LogP contribution is 2.25. The van der Waals surface area contributed by atoms with Crippen LogP contribution >= 0.6 is 0 Å². The lowest BCUT2D eigenvalue weighted by atomic mass is 9.81. The largest absolute Gasteiger partial charge is 0.479 e. The molecule has 0 aliphatic rings. The van der Waals surface area contributed by atoms with Gasteiger partial charge in [0, 0.05) is 17.8 Å². The van der Waals surface area contributed by atoms with Gasteiger partial charge in [0.1, 0.15) is 6.33 Å². The zero-order valence-corrected chi connectivity index (χ0v) is 8.01. The molecule has 0 amide bonds. The molecule has 2 N–H and O–H groups in total. The van der Waals surface area contributed by atoms with Crippen molar-refractivity contribution < 1.29 is 15.0 Å². The molecule has 14 heavy (non-hydrogen) atoms. The molecule has 1 atom stereocenters. The smallest absolute Gasteiger partial charge is 0.333 e. The summed E-state index contributed by atoms with van der Waals surface area (Å²) in [7, 11) is 0. The van der Waals surface area contributed by atoms with Gasteiger partial charge >= 0.3 is 5.97 Å². The molecule has 1 unspecified atom stereocenters. The number of rotatable bonds is 3. The normalized spacial score (nSPS) is 13.6. The van der Waals surface area contributed by atoms with E-state index in [0.29, 0.717) is 5.56 Å². The van der Waals surface area contributed by atoms with Crippen LogP contribution in [0.3, 0.4) is 0 Å². The number of aromatic nitrogens is 2. The third-order valence-electron chi connectivity index (χ3n) is 2.22. The maximum atomic E-state index is 10.6. The van der Waals surface area contributed by atoms with E-state index in [4.69, 9.17) is 5.11 Å². The SMILES string of the molecule is CC(C)(c1cncnc1)C(O)C(=O)O. The summed E-state index contributed by atoms with van der Waals surface area (Å²) < 4.78 is 0. The van der Waals surface area contributed by atoms with Gasteiger partial charge in [0.15, 0.2) is 6.10 Å². The highest BCUT2D eigenvalue weighted by atomic mass is 16.4. The van der Waals surface area contributed by atoms with E-state index in [0.717, 1.165) is 0 Å². The molecule has 1 heterocycles. The van der Waals surface area contributed by atoms with Crippen molar-refractivity contribution in [3.8, 4) is 0 Å². The van der Waals surface area contributed by atoms with E-state index in [1.165, 1.54) is 18.7 Å². The lowest BCUT2D eigenvalue weighted by Gasteiger charge is -2.27. The van der Waals surface area contributed by atoms with Crippen molar-refractivity contribution in [2.24, 2.45) is 0 Å². The fraction of sp³-hybridized carbons (Fsp3) is 0.444. The molecular formula is C9H12N2O3. The molecule has 0 aliphatic heterocycles. The number of aliphatic carboxylic acids is 1.